The number of hydrogen-bond donors (Lipinski definition) is 2. The van der Waals surface area contributed by atoms with E-state index in [0.717, 1.165) is 18.2 Å². The Morgan fingerprint density at radius 1 is 1.08 bits per heavy atom. The Hall–Kier alpha value is -0.250. The minimum Gasteiger partial charge on any atom is -0.465 e. The molecular weight excluding hydrogens is 234 g/mol. The van der Waals surface area contributed by atoms with E-state index in [1.165, 1.54) is 25.7 Å². The minimum absolute atomic E-state index is 0.591. The average Bonchev–Trinajstić information content (AvgIpc) is 2.09. The van der Waals surface area contributed by atoms with Crippen molar-refractivity contribution < 1.29 is 9.90 Å². The second-order valence-corrected chi connectivity index (χ2v) is 3.84. The van der Waals surface area contributed by atoms with Gasteiger partial charge in [0.2, 0.25) is 0 Å². The standard InChI is InChI=1S/C9H18BrNO2/c10-7-5-3-1-2-4-6-8-11-9(12)13/h11H,1-8H2,(H,12,13). The maximum atomic E-state index is 10.1. The SMILES string of the molecule is O=C(O)NCCCCCCCCBr. The van der Waals surface area contributed by atoms with Crippen molar-refractivity contribution in [2.75, 3.05) is 11.9 Å². The summed E-state index contributed by atoms with van der Waals surface area (Å²) in [5.41, 5.74) is 0. The van der Waals surface area contributed by atoms with Crippen molar-refractivity contribution >= 4 is 22.0 Å². The summed E-state index contributed by atoms with van der Waals surface area (Å²) >= 11 is 3.38. The van der Waals surface area contributed by atoms with E-state index in [-0.39, 0.29) is 0 Å². The first-order valence-electron chi connectivity index (χ1n) is 4.80. The zero-order valence-corrected chi connectivity index (χ0v) is 9.48. The van der Waals surface area contributed by atoms with Crippen LogP contribution in [0.2, 0.25) is 0 Å². The number of alkyl halides is 1. The third kappa shape index (κ3) is 11.8. The first-order chi connectivity index (χ1) is 6.27. The van der Waals surface area contributed by atoms with Crippen LogP contribution in [0, 0.1) is 0 Å². The molecule has 13 heavy (non-hydrogen) atoms. The van der Waals surface area contributed by atoms with Crippen molar-refractivity contribution in [1.82, 2.24) is 5.32 Å². The van der Waals surface area contributed by atoms with E-state index in [1.54, 1.807) is 0 Å². The molecule has 0 fully saturated rings. The Labute approximate surface area is 88.0 Å². The van der Waals surface area contributed by atoms with E-state index in [0.29, 0.717) is 6.54 Å². The van der Waals surface area contributed by atoms with Crippen LogP contribution in [0.25, 0.3) is 0 Å². The van der Waals surface area contributed by atoms with Crippen LogP contribution in [0.4, 0.5) is 4.79 Å². The molecule has 0 aromatic rings. The third-order valence-corrected chi connectivity index (χ3v) is 2.40. The van der Waals surface area contributed by atoms with Crippen molar-refractivity contribution in [3.63, 3.8) is 0 Å². The van der Waals surface area contributed by atoms with Gasteiger partial charge in [-0.1, -0.05) is 41.6 Å². The molecule has 0 aliphatic rings. The topological polar surface area (TPSA) is 49.3 Å². The van der Waals surface area contributed by atoms with Gasteiger partial charge in [0.1, 0.15) is 0 Å². The summed E-state index contributed by atoms with van der Waals surface area (Å²) < 4.78 is 0. The maximum Gasteiger partial charge on any atom is 0.404 e. The zero-order chi connectivity index (χ0) is 9.94. The highest BCUT2D eigenvalue weighted by atomic mass is 79.9. The van der Waals surface area contributed by atoms with Gasteiger partial charge in [-0.05, 0) is 12.8 Å². The Balaban J connectivity index is 2.87. The second kappa shape index (κ2) is 9.84. The Morgan fingerprint density at radius 2 is 1.62 bits per heavy atom. The van der Waals surface area contributed by atoms with E-state index < -0.39 is 6.09 Å². The number of hydrogen-bond acceptors (Lipinski definition) is 1. The summed E-state index contributed by atoms with van der Waals surface area (Å²) in [4.78, 5) is 10.1. The summed E-state index contributed by atoms with van der Waals surface area (Å²) in [7, 11) is 0. The van der Waals surface area contributed by atoms with Crippen molar-refractivity contribution in [3.8, 4) is 0 Å². The lowest BCUT2D eigenvalue weighted by Crippen LogP contribution is -2.21. The van der Waals surface area contributed by atoms with Crippen LogP contribution in [-0.2, 0) is 0 Å². The molecule has 0 radical (unpaired) electrons. The predicted octanol–water partition coefficient (Wildman–Crippen LogP) is 2.99. The summed E-state index contributed by atoms with van der Waals surface area (Å²) in [6, 6.07) is 0. The summed E-state index contributed by atoms with van der Waals surface area (Å²) in [5.74, 6) is 0. The Bertz CT molecular complexity index is 131. The van der Waals surface area contributed by atoms with Crippen LogP contribution in [0.3, 0.4) is 0 Å². The number of carbonyl (C=O) groups is 1. The van der Waals surface area contributed by atoms with E-state index in [9.17, 15) is 4.79 Å². The molecule has 1 amide bonds. The van der Waals surface area contributed by atoms with Crippen LogP contribution >= 0.6 is 15.9 Å². The lowest BCUT2D eigenvalue weighted by atomic mass is 10.1. The molecule has 0 aliphatic carbocycles. The molecule has 0 bridgehead atoms. The third-order valence-electron chi connectivity index (χ3n) is 1.84. The molecule has 0 heterocycles. The maximum absolute atomic E-state index is 10.1. The molecule has 78 valence electrons. The van der Waals surface area contributed by atoms with Gasteiger partial charge in [0.05, 0.1) is 0 Å². The molecule has 0 atom stereocenters. The monoisotopic (exact) mass is 251 g/mol. The van der Waals surface area contributed by atoms with Crippen LogP contribution < -0.4 is 5.32 Å². The fraction of sp³-hybridized carbons (Fsp3) is 0.889. The van der Waals surface area contributed by atoms with Gasteiger partial charge in [-0.15, -0.1) is 0 Å². The van der Waals surface area contributed by atoms with Gasteiger partial charge in [-0.2, -0.15) is 0 Å². The highest BCUT2D eigenvalue weighted by Crippen LogP contribution is 2.05. The highest BCUT2D eigenvalue weighted by molar-refractivity contribution is 9.09. The number of amides is 1. The van der Waals surface area contributed by atoms with E-state index in [1.807, 2.05) is 0 Å². The zero-order valence-electron chi connectivity index (χ0n) is 7.89. The van der Waals surface area contributed by atoms with Crippen molar-refractivity contribution in [1.29, 1.82) is 0 Å². The quantitative estimate of drug-likeness (QED) is 0.515. The van der Waals surface area contributed by atoms with Gasteiger partial charge >= 0.3 is 6.09 Å². The smallest absolute Gasteiger partial charge is 0.404 e. The molecule has 0 aromatic heterocycles. The van der Waals surface area contributed by atoms with E-state index >= 15 is 0 Å². The van der Waals surface area contributed by atoms with Gasteiger partial charge in [0.25, 0.3) is 0 Å². The van der Waals surface area contributed by atoms with Gasteiger partial charge in [-0.3, -0.25) is 0 Å². The minimum atomic E-state index is -0.917. The van der Waals surface area contributed by atoms with Crippen LogP contribution in [0.1, 0.15) is 38.5 Å². The number of halogens is 1. The molecule has 0 spiro atoms. The van der Waals surface area contributed by atoms with E-state index in [2.05, 4.69) is 21.2 Å². The second-order valence-electron chi connectivity index (χ2n) is 3.04. The number of nitrogens with one attached hydrogen (secondary N) is 1. The first kappa shape index (κ1) is 12.8. The molecule has 4 heteroatoms. The first-order valence-corrected chi connectivity index (χ1v) is 5.92. The number of carboxylic acid groups (broad SMARTS) is 1. The van der Waals surface area contributed by atoms with Crippen molar-refractivity contribution in [2.45, 2.75) is 38.5 Å². The molecule has 3 nitrogen and oxygen atoms in total. The van der Waals surface area contributed by atoms with Gasteiger partial charge in [0, 0.05) is 11.9 Å². The largest absolute Gasteiger partial charge is 0.465 e. The molecule has 0 saturated heterocycles. The van der Waals surface area contributed by atoms with Gasteiger partial charge in [0.15, 0.2) is 0 Å². The van der Waals surface area contributed by atoms with E-state index in [4.69, 9.17) is 5.11 Å². The highest BCUT2D eigenvalue weighted by Gasteiger charge is 1.93. The molecule has 0 unspecified atom stereocenters. The Morgan fingerprint density at radius 3 is 2.15 bits per heavy atom. The summed E-state index contributed by atoms with van der Waals surface area (Å²) in [6.45, 7) is 0.591. The number of unbranched alkanes of at least 4 members (excludes halogenated alkanes) is 5. The van der Waals surface area contributed by atoms with Crippen molar-refractivity contribution in [3.05, 3.63) is 0 Å². The van der Waals surface area contributed by atoms with Gasteiger partial charge in [-0.25, -0.2) is 4.79 Å². The predicted molar refractivity (Wildman–Crippen MR) is 57.5 cm³/mol. The summed E-state index contributed by atoms with van der Waals surface area (Å²) in [5, 5.41) is 11.7. The summed E-state index contributed by atoms with van der Waals surface area (Å²) in [6.07, 6.45) is 6.17. The van der Waals surface area contributed by atoms with Crippen LogP contribution in [0.15, 0.2) is 0 Å². The molecule has 0 aliphatic heterocycles. The molecule has 0 saturated carbocycles. The molecule has 0 aromatic carbocycles. The van der Waals surface area contributed by atoms with Crippen LogP contribution in [0.5, 0.6) is 0 Å². The Kier molecular flexibility index (Phi) is 9.65. The molecular formula is C9H18BrNO2. The average molecular weight is 252 g/mol. The fourth-order valence-electron chi connectivity index (χ4n) is 1.12. The lowest BCUT2D eigenvalue weighted by molar-refractivity contribution is 0.194. The lowest BCUT2D eigenvalue weighted by Gasteiger charge is -2.00. The normalized spacial score (nSPS) is 9.92. The molecule has 0 rings (SSSR count). The fourth-order valence-corrected chi connectivity index (χ4v) is 1.52. The van der Waals surface area contributed by atoms with Crippen molar-refractivity contribution in [2.24, 2.45) is 0 Å². The van der Waals surface area contributed by atoms with Gasteiger partial charge < -0.3 is 10.4 Å². The molecule has 2 N–H and O–H groups in total. The number of rotatable bonds is 8. The van der Waals surface area contributed by atoms with Crippen LogP contribution in [-0.4, -0.2) is 23.1 Å².